The normalized spacial score (nSPS) is 14.4. The number of rotatable bonds is 24. The fourth-order valence-corrected chi connectivity index (χ4v) is 3.91. The van der Waals surface area contributed by atoms with Gasteiger partial charge in [-0.2, -0.15) is 0 Å². The summed E-state index contributed by atoms with van der Waals surface area (Å²) in [5, 5.41) is 8.59. The lowest BCUT2D eigenvalue weighted by molar-refractivity contribution is -0.139. The molecule has 0 bridgehead atoms. The number of carbonyl (C=O) groups is 1. The van der Waals surface area contributed by atoms with Crippen molar-refractivity contribution < 1.29 is 33.1 Å². The van der Waals surface area contributed by atoms with Crippen LogP contribution in [0.15, 0.2) is 0 Å². The Morgan fingerprint density at radius 1 is 0.774 bits per heavy atom. The molecule has 9 heteroatoms. The van der Waals surface area contributed by atoms with Gasteiger partial charge in [0, 0.05) is 13.2 Å². The highest BCUT2D eigenvalue weighted by Gasteiger charge is 2.24. The lowest BCUT2D eigenvalue weighted by Crippen LogP contribution is -2.34. The molecule has 0 aliphatic rings. The average Bonchev–Trinajstić information content (AvgIpc) is 2.73. The molecule has 0 aromatic rings. The molecule has 0 aromatic carbocycles. The topological polar surface area (TPSA) is 128 Å². The summed E-state index contributed by atoms with van der Waals surface area (Å²) in [7, 11) is -4.28. The number of hydrogen-bond acceptors (Lipinski definition) is 6. The van der Waals surface area contributed by atoms with E-state index in [0.717, 1.165) is 12.8 Å². The zero-order chi connectivity index (χ0) is 23.2. The van der Waals surface area contributed by atoms with Gasteiger partial charge in [0.2, 0.25) is 0 Å². The predicted molar refractivity (Wildman–Crippen MR) is 123 cm³/mol. The van der Waals surface area contributed by atoms with E-state index >= 15 is 0 Å². The molecular weight excluding hydrogens is 421 g/mol. The van der Waals surface area contributed by atoms with E-state index in [1.807, 2.05) is 0 Å². The van der Waals surface area contributed by atoms with Crippen molar-refractivity contribution in [3.8, 4) is 0 Å². The molecule has 0 rings (SSSR count). The highest BCUT2D eigenvalue weighted by molar-refractivity contribution is 7.47. The van der Waals surface area contributed by atoms with E-state index in [-0.39, 0.29) is 6.61 Å². The standard InChI is InChI=1S/C22H46NO7P/c1-2-3-4-5-6-7-8-9-10-11-12-13-14-15-17-28-18-16-19-29-31(26,27)30-20-21(23)22(24)25/h21H,2-20,23H2,1H3,(H,24,25)(H,26,27)/t21-/m0/s1. The maximum atomic E-state index is 11.5. The molecule has 1 unspecified atom stereocenters. The van der Waals surface area contributed by atoms with Crippen LogP contribution in [-0.2, 0) is 23.1 Å². The van der Waals surface area contributed by atoms with Crippen molar-refractivity contribution in [1.29, 1.82) is 0 Å². The fourth-order valence-electron chi connectivity index (χ4n) is 3.12. The molecule has 0 saturated carbocycles. The molecule has 0 amide bonds. The molecule has 2 atom stereocenters. The molecule has 0 saturated heterocycles. The van der Waals surface area contributed by atoms with Crippen LogP contribution in [0.25, 0.3) is 0 Å². The van der Waals surface area contributed by atoms with Gasteiger partial charge in [0.1, 0.15) is 6.04 Å². The maximum absolute atomic E-state index is 11.5. The fraction of sp³-hybridized carbons (Fsp3) is 0.955. The molecule has 186 valence electrons. The highest BCUT2D eigenvalue weighted by atomic mass is 31.2. The van der Waals surface area contributed by atoms with Gasteiger partial charge < -0.3 is 20.5 Å². The van der Waals surface area contributed by atoms with Crippen LogP contribution in [0.3, 0.4) is 0 Å². The van der Waals surface area contributed by atoms with Gasteiger partial charge in [0.15, 0.2) is 0 Å². The predicted octanol–water partition coefficient (Wildman–Crippen LogP) is 5.42. The van der Waals surface area contributed by atoms with Gasteiger partial charge in [-0.1, -0.05) is 90.4 Å². The van der Waals surface area contributed by atoms with Crippen LogP contribution in [0.4, 0.5) is 0 Å². The first-order valence-electron chi connectivity index (χ1n) is 12.1. The molecule has 0 radical (unpaired) electrons. The van der Waals surface area contributed by atoms with Crippen molar-refractivity contribution in [2.75, 3.05) is 26.4 Å². The van der Waals surface area contributed by atoms with E-state index < -0.39 is 26.4 Å². The number of aliphatic carboxylic acids is 1. The monoisotopic (exact) mass is 467 g/mol. The van der Waals surface area contributed by atoms with Gasteiger partial charge in [-0.3, -0.25) is 13.8 Å². The second-order valence-electron chi connectivity index (χ2n) is 8.10. The first-order valence-corrected chi connectivity index (χ1v) is 13.6. The number of hydrogen-bond donors (Lipinski definition) is 3. The Kier molecular flexibility index (Phi) is 21.0. The van der Waals surface area contributed by atoms with Crippen molar-refractivity contribution >= 4 is 13.8 Å². The van der Waals surface area contributed by atoms with E-state index in [4.69, 9.17) is 20.1 Å². The lowest BCUT2D eigenvalue weighted by atomic mass is 10.0. The maximum Gasteiger partial charge on any atom is 0.472 e. The Bertz CT molecular complexity index is 465. The third-order valence-corrected chi connectivity index (χ3v) is 6.05. The number of nitrogens with two attached hydrogens (primary N) is 1. The van der Waals surface area contributed by atoms with Crippen LogP contribution in [-0.4, -0.2) is 48.4 Å². The van der Waals surface area contributed by atoms with Gasteiger partial charge in [0.25, 0.3) is 0 Å². The molecule has 0 aromatic heterocycles. The quantitative estimate of drug-likeness (QED) is 0.127. The van der Waals surface area contributed by atoms with Crippen molar-refractivity contribution in [2.45, 2.75) is 109 Å². The van der Waals surface area contributed by atoms with Crippen LogP contribution in [0, 0.1) is 0 Å². The van der Waals surface area contributed by atoms with Crippen LogP contribution < -0.4 is 5.73 Å². The summed E-state index contributed by atoms with van der Waals surface area (Å²) in [6.07, 6.45) is 18.9. The summed E-state index contributed by atoms with van der Waals surface area (Å²) in [6.45, 7) is 2.78. The largest absolute Gasteiger partial charge is 0.480 e. The number of carboxylic acid groups (broad SMARTS) is 1. The van der Waals surface area contributed by atoms with E-state index in [2.05, 4.69) is 11.4 Å². The minimum absolute atomic E-state index is 0.00513. The van der Waals surface area contributed by atoms with Gasteiger partial charge >= 0.3 is 13.8 Å². The zero-order valence-electron chi connectivity index (χ0n) is 19.5. The molecule has 0 fully saturated rings. The van der Waals surface area contributed by atoms with Gasteiger partial charge in [-0.05, 0) is 12.8 Å². The lowest BCUT2D eigenvalue weighted by Gasteiger charge is -2.13. The number of ether oxygens (including phenoxy) is 1. The number of phosphoric acid groups is 1. The Morgan fingerprint density at radius 3 is 1.71 bits per heavy atom. The Hall–Kier alpha value is -0.500. The molecule has 8 nitrogen and oxygen atoms in total. The molecule has 0 spiro atoms. The van der Waals surface area contributed by atoms with Gasteiger partial charge in [-0.15, -0.1) is 0 Å². The Balaban J connectivity index is 3.28. The van der Waals surface area contributed by atoms with Crippen molar-refractivity contribution in [1.82, 2.24) is 0 Å². The average molecular weight is 468 g/mol. The molecule has 0 aliphatic heterocycles. The molecule has 4 N–H and O–H groups in total. The van der Waals surface area contributed by atoms with Crippen LogP contribution >= 0.6 is 7.82 Å². The summed E-state index contributed by atoms with van der Waals surface area (Å²) in [5.41, 5.74) is 5.19. The van der Waals surface area contributed by atoms with Crippen LogP contribution in [0.2, 0.25) is 0 Å². The van der Waals surface area contributed by atoms with E-state index in [0.29, 0.717) is 19.6 Å². The van der Waals surface area contributed by atoms with E-state index in [1.54, 1.807) is 0 Å². The summed E-state index contributed by atoms with van der Waals surface area (Å²) in [6, 6.07) is -1.36. The zero-order valence-corrected chi connectivity index (χ0v) is 20.4. The van der Waals surface area contributed by atoms with Crippen LogP contribution in [0.5, 0.6) is 0 Å². The Morgan fingerprint density at radius 2 is 1.23 bits per heavy atom. The number of phosphoric ester groups is 1. The minimum atomic E-state index is -4.28. The van der Waals surface area contributed by atoms with E-state index in [9.17, 15) is 14.3 Å². The summed E-state index contributed by atoms with van der Waals surface area (Å²) >= 11 is 0. The second-order valence-corrected chi connectivity index (χ2v) is 9.56. The number of carboxylic acids is 1. The molecule has 0 heterocycles. The first kappa shape index (κ1) is 30.5. The second kappa shape index (κ2) is 21.4. The third kappa shape index (κ3) is 22.5. The third-order valence-electron chi connectivity index (χ3n) is 5.06. The molecule has 0 aliphatic carbocycles. The summed E-state index contributed by atoms with van der Waals surface area (Å²) in [5.74, 6) is -1.31. The molecular formula is C22H46NO7P. The van der Waals surface area contributed by atoms with Crippen LogP contribution in [0.1, 0.15) is 103 Å². The SMILES string of the molecule is CCCCCCCCCCCCCCCCOCCCOP(=O)(O)OC[C@H](N)C(=O)O. The van der Waals surface area contributed by atoms with E-state index in [1.165, 1.54) is 77.0 Å². The first-order chi connectivity index (χ1) is 14.9. The van der Waals surface area contributed by atoms with Gasteiger partial charge in [-0.25, -0.2) is 4.57 Å². The number of unbranched alkanes of at least 4 members (excludes halogenated alkanes) is 13. The summed E-state index contributed by atoms with van der Waals surface area (Å²) in [4.78, 5) is 19.9. The van der Waals surface area contributed by atoms with Gasteiger partial charge in [0.05, 0.1) is 13.2 Å². The summed E-state index contributed by atoms with van der Waals surface area (Å²) < 4.78 is 26.3. The molecule has 31 heavy (non-hydrogen) atoms. The minimum Gasteiger partial charge on any atom is -0.480 e. The Labute approximate surface area is 188 Å². The van der Waals surface area contributed by atoms with Crippen molar-refractivity contribution in [3.05, 3.63) is 0 Å². The van der Waals surface area contributed by atoms with Crippen molar-refractivity contribution in [3.63, 3.8) is 0 Å². The smallest absolute Gasteiger partial charge is 0.472 e. The van der Waals surface area contributed by atoms with Crippen molar-refractivity contribution in [2.24, 2.45) is 5.73 Å². The highest BCUT2D eigenvalue weighted by Crippen LogP contribution is 2.43.